The molecule has 0 aromatic heterocycles. The Kier molecular flexibility index (Phi) is 33.6. The van der Waals surface area contributed by atoms with E-state index in [4.69, 9.17) is 43.6 Å². The zero-order valence-corrected chi connectivity index (χ0v) is 67.6. The first-order valence-corrected chi connectivity index (χ1v) is 40.3. The number of rotatable bonds is 45. The molecule has 3 aromatic carbocycles. The normalized spacial score (nSPS) is 24.5. The van der Waals surface area contributed by atoms with Crippen LogP contribution in [0.25, 0.3) is 11.6 Å². The Balaban J connectivity index is 0.639. The molecule has 0 bridgehead atoms. The molecule has 2 heterocycles. The maximum absolute atomic E-state index is 17.9. The van der Waals surface area contributed by atoms with Crippen LogP contribution in [0.5, 0.6) is 0 Å². The number of para-hydroxylation sites is 1. The summed E-state index contributed by atoms with van der Waals surface area (Å²) in [7, 11) is 0. The number of aliphatic carboxylic acids is 1. The van der Waals surface area contributed by atoms with Gasteiger partial charge in [-0.1, -0.05) is 108 Å². The first kappa shape index (κ1) is 92.0. The molecule has 13 atom stereocenters. The lowest BCUT2D eigenvalue weighted by molar-refractivity contribution is -0.235. The molecule has 0 spiro atoms. The lowest BCUT2D eigenvalue weighted by Crippen LogP contribution is -2.71. The number of hydrogen-bond acceptors (Lipinski definition) is 21. The van der Waals surface area contributed by atoms with E-state index in [1.165, 1.54) is 43.3 Å². The fourth-order valence-electron chi connectivity index (χ4n) is 16.7. The average Bonchev–Trinajstić information content (AvgIpc) is 1.46. The maximum Gasteiger partial charge on any atom is 0.407 e. The van der Waals surface area contributed by atoms with Crippen molar-refractivity contribution < 1.29 is 114 Å². The summed E-state index contributed by atoms with van der Waals surface area (Å²) in [6, 6.07) is 17.0. The highest BCUT2D eigenvalue weighted by atomic mass is 19.1. The molecule has 6 aliphatic rings. The second-order valence-electron chi connectivity index (χ2n) is 31.0. The molecular formula is C84H112F2N10O22. The number of allylic oxidation sites excluding steroid dienone is 5. The van der Waals surface area contributed by atoms with Crippen LogP contribution in [-0.4, -0.2) is 221 Å². The number of carboxylic acids is 1. The van der Waals surface area contributed by atoms with E-state index in [-0.39, 0.29) is 153 Å². The summed E-state index contributed by atoms with van der Waals surface area (Å²) in [4.78, 5) is 159. The molecule has 644 valence electrons. The third kappa shape index (κ3) is 23.1. The lowest BCUT2D eigenvalue weighted by Gasteiger charge is -2.63. The fourth-order valence-corrected chi connectivity index (χ4v) is 16.7. The summed E-state index contributed by atoms with van der Waals surface area (Å²) in [5.41, 5.74) is 3.90. The smallest absolute Gasteiger partial charge is 0.407 e. The van der Waals surface area contributed by atoms with Gasteiger partial charge in [0.05, 0.1) is 77.3 Å². The zero-order valence-electron chi connectivity index (χ0n) is 67.6. The molecule has 34 heteroatoms. The standard InChI is InChI=1S/C84H112F2N10O22/c1-7-14-74-117-68-44-59-60-43-62(85)61-42-57(97)28-30-81(61,5)83(60,86)66(98)45-82(59,6)84(68,118-74)67(99)49-115-50-91-71(102)46-90-80(110)116-48-52-20-22-56(23-21-52)92-76(106)63(18-13-31-89-79(87)109)94-78(108)75(51(3)4)95-77(107)64(24-27-73(104)105)93-70(101)29-33-111-35-37-113-39-40-114-38-36-112-34-32-88-69(100)25-26-72(103)96-47-55-16-10-9-15-54(55)41-53(8-2)58-17-11-12-19-65(58)96/h9-12,15-17,19-23,28,30,41-42,51,59-60,62-64,66,68,74-75,98H,7-8,13-14,18,24-27,29,31-40,43-50H2,1-6H3,(H,88,100)(H,90,110)(H,91,102)(H,92,106)(H,93,101)(H,94,108)(H,95,107)(H,104,105)(H3,87,89,109)/b53-41-/t59-,60-,62-,63-,64+,66-,68+,74?,75-,81-,82-,83-,84+/m0/s1. The molecule has 4 aliphatic carbocycles. The van der Waals surface area contributed by atoms with Gasteiger partial charge in [-0.3, -0.25) is 47.9 Å². The minimum atomic E-state index is -2.39. The predicted molar refractivity (Wildman–Crippen MR) is 425 cm³/mol. The number of carbonyl (C=O) groups excluding carboxylic acids is 11. The number of aliphatic hydroxyl groups excluding tert-OH is 1. The van der Waals surface area contributed by atoms with Crippen molar-refractivity contribution in [3.63, 3.8) is 0 Å². The molecule has 10 amide bonds. The number of hydrogen-bond donors (Lipinski definition) is 11. The van der Waals surface area contributed by atoms with Crippen molar-refractivity contribution in [3.05, 3.63) is 119 Å². The van der Waals surface area contributed by atoms with E-state index >= 15 is 8.78 Å². The number of ether oxygens (including phenoxy) is 8. The summed E-state index contributed by atoms with van der Waals surface area (Å²) in [6.07, 6.45) is 0.221. The third-order valence-electron chi connectivity index (χ3n) is 22.8. The Morgan fingerprint density at radius 2 is 1.39 bits per heavy atom. The monoisotopic (exact) mass is 1650 g/mol. The summed E-state index contributed by atoms with van der Waals surface area (Å²) < 4.78 is 80.1. The minimum Gasteiger partial charge on any atom is -0.481 e. The molecule has 118 heavy (non-hydrogen) atoms. The number of nitrogens with one attached hydrogen (secondary N) is 8. The van der Waals surface area contributed by atoms with Gasteiger partial charge in [0.1, 0.15) is 50.8 Å². The third-order valence-corrected chi connectivity index (χ3v) is 22.8. The molecule has 3 saturated carbocycles. The van der Waals surface area contributed by atoms with Crippen LogP contribution in [0, 0.1) is 28.6 Å². The van der Waals surface area contributed by atoms with Gasteiger partial charge in [0.25, 0.3) is 0 Å². The molecular weight excluding hydrogens is 1540 g/mol. The van der Waals surface area contributed by atoms with Crippen molar-refractivity contribution in [1.29, 1.82) is 0 Å². The van der Waals surface area contributed by atoms with E-state index in [1.807, 2.05) is 55.5 Å². The topological polar surface area (TPSA) is 445 Å². The van der Waals surface area contributed by atoms with Gasteiger partial charge in [-0.05, 0) is 128 Å². The number of ketones is 2. The zero-order chi connectivity index (χ0) is 85.3. The molecule has 32 nitrogen and oxygen atoms in total. The van der Waals surface area contributed by atoms with Gasteiger partial charge in [-0.15, -0.1) is 0 Å². The highest BCUT2D eigenvalue weighted by Crippen LogP contribution is 2.72. The van der Waals surface area contributed by atoms with Crippen LogP contribution in [0.4, 0.5) is 29.7 Å². The van der Waals surface area contributed by atoms with Crippen LogP contribution < -0.4 is 53.2 Å². The highest BCUT2D eigenvalue weighted by molar-refractivity contribution is 6.03. The molecule has 0 radical (unpaired) electrons. The largest absolute Gasteiger partial charge is 0.481 e. The maximum atomic E-state index is 17.9. The van der Waals surface area contributed by atoms with Crippen LogP contribution in [0.1, 0.15) is 147 Å². The highest BCUT2D eigenvalue weighted by Gasteiger charge is 2.80. The molecule has 2 aliphatic heterocycles. The van der Waals surface area contributed by atoms with Gasteiger partial charge in [0.2, 0.25) is 41.4 Å². The van der Waals surface area contributed by atoms with E-state index in [0.29, 0.717) is 24.9 Å². The quantitative estimate of drug-likeness (QED) is 0.0228. The second kappa shape index (κ2) is 43.2. The van der Waals surface area contributed by atoms with Crippen LogP contribution in [0.15, 0.2) is 96.6 Å². The van der Waals surface area contributed by atoms with E-state index in [2.05, 4.69) is 55.5 Å². The van der Waals surface area contributed by atoms with Crippen molar-refractivity contribution in [3.8, 4) is 0 Å². The van der Waals surface area contributed by atoms with Gasteiger partial charge in [0, 0.05) is 66.8 Å². The Morgan fingerprint density at radius 3 is 2.08 bits per heavy atom. The minimum absolute atomic E-state index is 0.0206. The lowest BCUT2D eigenvalue weighted by atomic mass is 9.44. The number of carboxylic acid groups (broad SMARTS) is 1. The number of alkyl halides is 2. The SMILES string of the molecule is CCCC1O[C@@H]2C[C@H]3[C@@H]4C[C@H](F)C5=CC(=O)C=C[C@]5(C)[C@@]4(F)[C@@H](O)C[C@]3(C)[C@]2(C(=O)COCNC(=O)CNC(=O)OCc2ccc(NC(=O)[C@H](CCCNC(N)=O)NC(=O)[C@@H](NC(=O)[C@@H](CCC(=O)O)NC(=O)CCOCCOCCOCCOCCNC(=O)CCC(=O)N3Cc4ccccc4/C=C(/CC)c4ccccc43)C(C)C)cc2)O1. The average molecular weight is 1650 g/mol. The van der Waals surface area contributed by atoms with Crippen LogP contribution in [0.2, 0.25) is 0 Å². The number of urea groups is 1. The van der Waals surface area contributed by atoms with Crippen molar-refractivity contribution in [2.75, 3.05) is 96.0 Å². The van der Waals surface area contributed by atoms with Gasteiger partial charge in [-0.25, -0.2) is 18.4 Å². The fraction of sp³-hybridized carbons (Fsp3) is 0.571. The number of primary amides is 1. The Labute approximate surface area is 684 Å². The number of aliphatic hydroxyl groups is 1. The number of fused-ring (bicyclic) bond motifs is 9. The van der Waals surface area contributed by atoms with Crippen LogP contribution >= 0.6 is 0 Å². The number of carbonyl (C=O) groups is 12. The number of Topliss-reactive ketones (excluding diaryl/α,β-unsaturated/α-hetero) is 1. The van der Waals surface area contributed by atoms with Gasteiger partial charge < -0.3 is 101 Å². The number of nitrogens with zero attached hydrogens (tertiary/aromatic N) is 1. The number of alkyl carbamates (subject to hydrolysis) is 1. The summed E-state index contributed by atoms with van der Waals surface area (Å²) in [5.74, 6) is -8.87. The molecule has 1 saturated heterocycles. The molecule has 4 fully saturated rings. The number of anilines is 2. The Morgan fingerprint density at radius 1 is 0.703 bits per heavy atom. The molecule has 9 rings (SSSR count). The van der Waals surface area contributed by atoms with Gasteiger partial charge in [-0.2, -0.15) is 0 Å². The van der Waals surface area contributed by atoms with Crippen molar-refractivity contribution in [1.82, 2.24) is 37.2 Å². The van der Waals surface area contributed by atoms with E-state index in [9.17, 15) is 67.7 Å². The number of benzene rings is 3. The summed E-state index contributed by atoms with van der Waals surface area (Å²) in [5, 5.41) is 41.9. The Hall–Kier alpha value is -9.94. The van der Waals surface area contributed by atoms with Crippen LogP contribution in [-0.2, 0) is 99.0 Å². The second-order valence-corrected chi connectivity index (χ2v) is 31.0. The number of amides is 10. The summed E-state index contributed by atoms with van der Waals surface area (Å²) >= 11 is 0. The van der Waals surface area contributed by atoms with Gasteiger partial charge in [0.15, 0.2) is 29.1 Å². The number of nitrogens with two attached hydrogens (primary N) is 1. The molecule has 3 aromatic rings. The Bertz CT molecular complexity index is 4170. The van der Waals surface area contributed by atoms with Crippen LogP contribution in [0.3, 0.4) is 0 Å². The van der Waals surface area contributed by atoms with E-state index < -0.39 is 168 Å². The van der Waals surface area contributed by atoms with Crippen molar-refractivity contribution >= 4 is 94.0 Å². The number of halogens is 2. The van der Waals surface area contributed by atoms with Crippen molar-refractivity contribution in [2.45, 2.75) is 192 Å². The molecule has 1 unspecified atom stereocenters. The van der Waals surface area contributed by atoms with E-state index in [1.54, 1.807) is 25.7 Å². The predicted octanol–water partition coefficient (Wildman–Crippen LogP) is 5.99. The van der Waals surface area contributed by atoms with E-state index in [0.717, 1.165) is 40.4 Å². The van der Waals surface area contributed by atoms with Gasteiger partial charge >= 0.3 is 18.1 Å². The summed E-state index contributed by atoms with van der Waals surface area (Å²) in [6.45, 7) is 10.6. The molecule has 12 N–H and O–H groups in total. The first-order valence-electron chi connectivity index (χ1n) is 40.3. The van der Waals surface area contributed by atoms with Crippen molar-refractivity contribution in [2.24, 2.45) is 34.3 Å². The first-order chi connectivity index (χ1) is 56.5.